The third-order valence-electron chi connectivity index (χ3n) is 6.15. The van der Waals surface area contributed by atoms with Crippen LogP contribution in [0.3, 0.4) is 0 Å². The predicted molar refractivity (Wildman–Crippen MR) is 105 cm³/mol. The molecule has 4 heteroatoms. The first kappa shape index (κ1) is 16.6. The zero-order valence-electron chi connectivity index (χ0n) is 15.3. The van der Waals surface area contributed by atoms with Crippen molar-refractivity contribution in [3.63, 3.8) is 0 Å². The van der Waals surface area contributed by atoms with E-state index < -0.39 is 0 Å². The van der Waals surface area contributed by atoms with Crippen molar-refractivity contribution >= 4 is 16.8 Å². The Hall–Kier alpha value is -2.59. The van der Waals surface area contributed by atoms with Gasteiger partial charge in [0.15, 0.2) is 0 Å². The molecule has 1 amide bonds. The average Bonchev–Trinajstić information content (AvgIpc) is 3.02. The van der Waals surface area contributed by atoms with E-state index in [0.717, 1.165) is 25.8 Å². The van der Waals surface area contributed by atoms with Gasteiger partial charge in [0, 0.05) is 29.6 Å². The van der Waals surface area contributed by atoms with Gasteiger partial charge in [0.25, 0.3) is 0 Å². The summed E-state index contributed by atoms with van der Waals surface area (Å²) in [6.07, 6.45) is 3.22. The maximum absolute atomic E-state index is 12.7. The second-order valence-corrected chi connectivity index (χ2v) is 7.70. The Kier molecular flexibility index (Phi) is 4.01. The number of hydrogen-bond donors (Lipinski definition) is 1. The third kappa shape index (κ3) is 2.59. The van der Waals surface area contributed by atoms with Crippen LogP contribution in [0.1, 0.15) is 42.1 Å². The van der Waals surface area contributed by atoms with Gasteiger partial charge in [-0.25, -0.2) is 0 Å². The van der Waals surface area contributed by atoms with Crippen LogP contribution in [0.5, 0.6) is 0 Å². The van der Waals surface area contributed by atoms with Crippen molar-refractivity contribution in [1.29, 1.82) is 0 Å². The number of hydrogen-bond acceptors (Lipinski definition) is 2. The van der Waals surface area contributed by atoms with Crippen LogP contribution in [-0.4, -0.2) is 33.1 Å². The summed E-state index contributed by atoms with van der Waals surface area (Å²) in [6, 6.07) is 19.0. The molecule has 5 rings (SSSR count). The van der Waals surface area contributed by atoms with Gasteiger partial charge in [-0.3, -0.25) is 4.79 Å². The number of rotatable bonds is 3. The van der Waals surface area contributed by atoms with Gasteiger partial charge in [0.05, 0.1) is 18.7 Å². The standard InChI is InChI=1S/C23H24N2O2/c26-15-17-13-19-18-9-4-5-10-20(18)24(14-16-7-2-1-3-8-16)23(19)21-11-6-12-22(27)25(17)21/h1-5,7-10,17,21,26H,6,11-15H2/t17-,21+/m1/s1. The van der Waals surface area contributed by atoms with Crippen molar-refractivity contribution in [2.45, 2.75) is 44.3 Å². The lowest BCUT2D eigenvalue weighted by atomic mass is 9.86. The predicted octanol–water partition coefficient (Wildman–Crippen LogP) is 3.66. The fourth-order valence-corrected chi connectivity index (χ4v) is 5.03. The summed E-state index contributed by atoms with van der Waals surface area (Å²) < 4.78 is 2.41. The number of carbonyl (C=O) groups is 1. The highest BCUT2D eigenvalue weighted by Gasteiger charge is 2.42. The first-order valence-corrected chi connectivity index (χ1v) is 9.84. The maximum Gasteiger partial charge on any atom is 0.223 e. The minimum Gasteiger partial charge on any atom is -0.394 e. The summed E-state index contributed by atoms with van der Waals surface area (Å²) in [5.41, 5.74) is 5.08. The molecule has 1 saturated heterocycles. The molecule has 2 atom stereocenters. The number of amides is 1. The molecule has 1 aromatic heterocycles. The van der Waals surface area contributed by atoms with Crippen molar-refractivity contribution in [2.24, 2.45) is 0 Å². The second-order valence-electron chi connectivity index (χ2n) is 7.70. The molecule has 0 bridgehead atoms. The summed E-state index contributed by atoms with van der Waals surface area (Å²) in [4.78, 5) is 14.7. The molecule has 0 saturated carbocycles. The quantitative estimate of drug-likeness (QED) is 0.775. The summed E-state index contributed by atoms with van der Waals surface area (Å²) in [5.74, 6) is 0.187. The Morgan fingerprint density at radius 1 is 1.04 bits per heavy atom. The van der Waals surface area contributed by atoms with Crippen LogP contribution in [0.25, 0.3) is 10.9 Å². The fourth-order valence-electron chi connectivity index (χ4n) is 5.03. The van der Waals surface area contributed by atoms with Crippen LogP contribution >= 0.6 is 0 Å². The van der Waals surface area contributed by atoms with Crippen molar-refractivity contribution < 1.29 is 9.90 Å². The molecular weight excluding hydrogens is 336 g/mol. The van der Waals surface area contributed by atoms with Crippen molar-refractivity contribution in [1.82, 2.24) is 9.47 Å². The Morgan fingerprint density at radius 2 is 1.81 bits per heavy atom. The molecule has 3 heterocycles. The second kappa shape index (κ2) is 6.54. The molecule has 1 fully saturated rings. The lowest BCUT2D eigenvalue weighted by Gasteiger charge is -2.45. The van der Waals surface area contributed by atoms with Crippen molar-refractivity contribution in [3.05, 3.63) is 71.4 Å². The molecule has 138 valence electrons. The monoisotopic (exact) mass is 360 g/mol. The number of piperidine rings is 1. The lowest BCUT2D eigenvalue weighted by Crippen LogP contribution is -2.51. The molecule has 0 unspecified atom stereocenters. The van der Waals surface area contributed by atoms with Crippen LogP contribution in [0.15, 0.2) is 54.6 Å². The number of benzene rings is 2. The summed E-state index contributed by atoms with van der Waals surface area (Å²) in [7, 11) is 0. The van der Waals surface area contributed by atoms with E-state index in [4.69, 9.17) is 0 Å². The van der Waals surface area contributed by atoms with Gasteiger partial charge in [0.1, 0.15) is 0 Å². The minimum atomic E-state index is -0.105. The topological polar surface area (TPSA) is 45.5 Å². The zero-order chi connectivity index (χ0) is 18.4. The number of fused-ring (bicyclic) bond motifs is 5. The van der Waals surface area contributed by atoms with E-state index in [1.807, 2.05) is 11.0 Å². The Bertz CT molecular complexity index is 992. The Balaban J connectivity index is 1.72. The molecule has 2 aromatic carbocycles. The molecule has 0 radical (unpaired) electrons. The first-order chi connectivity index (χ1) is 13.3. The van der Waals surface area contributed by atoms with E-state index in [1.54, 1.807) is 0 Å². The van der Waals surface area contributed by atoms with Gasteiger partial charge in [-0.1, -0.05) is 48.5 Å². The van der Waals surface area contributed by atoms with E-state index in [0.29, 0.717) is 6.42 Å². The van der Waals surface area contributed by atoms with Crippen molar-refractivity contribution in [3.8, 4) is 0 Å². The van der Waals surface area contributed by atoms with Gasteiger partial charge >= 0.3 is 0 Å². The van der Waals surface area contributed by atoms with Gasteiger partial charge in [-0.2, -0.15) is 0 Å². The van der Waals surface area contributed by atoms with E-state index >= 15 is 0 Å². The number of aliphatic hydroxyl groups excluding tert-OH is 1. The van der Waals surface area contributed by atoms with Gasteiger partial charge in [-0.15, -0.1) is 0 Å². The third-order valence-corrected chi connectivity index (χ3v) is 6.15. The highest BCUT2D eigenvalue weighted by Crippen LogP contribution is 2.44. The molecule has 2 aliphatic heterocycles. The molecular formula is C23H24N2O2. The Morgan fingerprint density at radius 3 is 2.63 bits per heavy atom. The molecule has 27 heavy (non-hydrogen) atoms. The molecule has 2 aliphatic rings. The molecule has 1 N–H and O–H groups in total. The molecule has 3 aromatic rings. The van der Waals surface area contributed by atoms with Crippen LogP contribution in [0.4, 0.5) is 0 Å². The highest BCUT2D eigenvalue weighted by molar-refractivity contribution is 5.87. The van der Waals surface area contributed by atoms with E-state index in [2.05, 4.69) is 53.1 Å². The minimum absolute atomic E-state index is 0.0277. The lowest BCUT2D eigenvalue weighted by molar-refractivity contribution is -0.142. The number of aromatic nitrogens is 1. The number of carbonyl (C=O) groups excluding carboxylic acids is 1. The van der Waals surface area contributed by atoms with E-state index in [9.17, 15) is 9.90 Å². The largest absolute Gasteiger partial charge is 0.394 e. The highest BCUT2D eigenvalue weighted by atomic mass is 16.3. The zero-order valence-corrected chi connectivity index (χ0v) is 15.3. The summed E-state index contributed by atoms with van der Waals surface area (Å²) in [5, 5.41) is 11.3. The maximum atomic E-state index is 12.7. The number of nitrogens with zero attached hydrogens (tertiary/aromatic N) is 2. The van der Waals surface area contributed by atoms with E-state index in [1.165, 1.54) is 27.7 Å². The number of para-hydroxylation sites is 1. The summed E-state index contributed by atoms with van der Waals surface area (Å²) >= 11 is 0. The number of aliphatic hydroxyl groups is 1. The first-order valence-electron chi connectivity index (χ1n) is 9.84. The SMILES string of the molecule is O=C1CCC[C@H]2c3c(c4ccccc4n3Cc3ccccc3)C[C@H](CO)N12. The van der Waals surface area contributed by atoms with Gasteiger partial charge in [-0.05, 0) is 36.5 Å². The van der Waals surface area contributed by atoms with Gasteiger partial charge in [0.2, 0.25) is 5.91 Å². The normalized spacial score (nSPS) is 22.0. The van der Waals surface area contributed by atoms with Crippen molar-refractivity contribution in [2.75, 3.05) is 6.61 Å². The van der Waals surface area contributed by atoms with Crippen LogP contribution in [0, 0.1) is 0 Å². The molecule has 0 spiro atoms. The fraction of sp³-hybridized carbons (Fsp3) is 0.348. The molecule has 4 nitrogen and oxygen atoms in total. The van der Waals surface area contributed by atoms with E-state index in [-0.39, 0.29) is 24.6 Å². The van der Waals surface area contributed by atoms with Gasteiger partial charge < -0.3 is 14.6 Å². The molecule has 0 aliphatic carbocycles. The Labute approximate surface area is 159 Å². The summed E-state index contributed by atoms with van der Waals surface area (Å²) in [6.45, 7) is 0.832. The van der Waals surface area contributed by atoms with Crippen LogP contribution < -0.4 is 0 Å². The average molecular weight is 360 g/mol. The smallest absolute Gasteiger partial charge is 0.223 e. The van der Waals surface area contributed by atoms with Crippen LogP contribution in [-0.2, 0) is 17.8 Å². The van der Waals surface area contributed by atoms with Crippen LogP contribution in [0.2, 0.25) is 0 Å².